The lowest BCUT2D eigenvalue weighted by molar-refractivity contribution is 0.0951. The minimum Gasteiger partial charge on any atom is -0.351 e. The van der Waals surface area contributed by atoms with Crippen LogP contribution in [0.2, 0.25) is 0 Å². The molecule has 0 radical (unpaired) electrons. The molecule has 4 rings (SSSR count). The Morgan fingerprint density at radius 3 is 2.76 bits per heavy atom. The van der Waals surface area contributed by atoms with Crippen molar-refractivity contribution in [2.24, 2.45) is 0 Å². The Labute approximate surface area is 178 Å². The van der Waals surface area contributed by atoms with E-state index in [9.17, 15) is 9.59 Å². The van der Waals surface area contributed by atoms with Gasteiger partial charge < -0.3 is 14.8 Å². The van der Waals surface area contributed by atoms with Crippen LogP contribution in [0.5, 0.6) is 0 Å². The van der Waals surface area contributed by atoms with Gasteiger partial charge in [0.2, 0.25) is 0 Å². The monoisotopic (exact) mass is 425 g/mol. The van der Waals surface area contributed by atoms with Crippen molar-refractivity contribution >= 4 is 29.0 Å². The summed E-state index contributed by atoms with van der Waals surface area (Å²) in [6, 6.07) is 13.4. The molecule has 0 saturated carbocycles. The fourth-order valence-electron chi connectivity index (χ4n) is 3.44. The van der Waals surface area contributed by atoms with Crippen LogP contribution in [0.25, 0.3) is 21.7 Å². The van der Waals surface area contributed by atoms with Gasteiger partial charge in [-0.2, -0.15) is 0 Å². The van der Waals surface area contributed by atoms with Crippen LogP contribution in [0.1, 0.15) is 10.4 Å². The van der Waals surface area contributed by atoms with Crippen LogP contribution in [-0.2, 0) is 6.54 Å². The molecule has 0 atom stereocenters. The van der Waals surface area contributed by atoms with Gasteiger partial charge >= 0.3 is 0 Å². The number of nitrogens with one attached hydrogen (secondary N) is 1. The van der Waals surface area contributed by atoms with Gasteiger partial charge in [0.05, 0.1) is 16.1 Å². The van der Waals surface area contributed by atoms with Gasteiger partial charge in [0.25, 0.3) is 11.5 Å². The molecule has 1 amide bonds. The Bertz CT molecular complexity index is 1090. The summed E-state index contributed by atoms with van der Waals surface area (Å²) in [4.78, 5) is 30.8. The van der Waals surface area contributed by atoms with Gasteiger partial charge in [-0.25, -0.2) is 0 Å². The van der Waals surface area contributed by atoms with Gasteiger partial charge in [-0.3, -0.25) is 9.59 Å². The summed E-state index contributed by atoms with van der Waals surface area (Å²) in [5.41, 5.74) is 2.66. The number of benzene rings is 1. The van der Waals surface area contributed by atoms with E-state index in [0.717, 1.165) is 33.3 Å². The lowest BCUT2D eigenvalue weighted by Gasteiger charge is -2.17. The maximum Gasteiger partial charge on any atom is 0.258 e. The number of hydrogen-bond donors (Lipinski definition) is 1. The summed E-state index contributed by atoms with van der Waals surface area (Å²) in [5.74, 6) is 0.662. The zero-order valence-corrected chi connectivity index (χ0v) is 18.1. The predicted octanol–water partition coefficient (Wildman–Crippen LogP) is 3.64. The topological polar surface area (TPSA) is 54.3 Å². The van der Waals surface area contributed by atoms with Gasteiger partial charge in [0.15, 0.2) is 0 Å². The first-order chi connectivity index (χ1) is 14.1. The molecule has 1 aromatic carbocycles. The molecular weight excluding hydrogens is 402 g/mol. The molecule has 0 fully saturated rings. The molecule has 1 aliphatic heterocycles. The molecule has 2 aromatic heterocycles. The van der Waals surface area contributed by atoms with Crippen molar-refractivity contribution in [3.05, 3.63) is 63.8 Å². The molecule has 3 heterocycles. The van der Waals surface area contributed by atoms with Crippen LogP contribution in [0.3, 0.4) is 0 Å². The van der Waals surface area contributed by atoms with Gasteiger partial charge in [-0.1, -0.05) is 30.3 Å². The van der Waals surface area contributed by atoms with Crippen LogP contribution in [0.4, 0.5) is 0 Å². The van der Waals surface area contributed by atoms with E-state index in [1.165, 1.54) is 0 Å². The molecular formula is C22H23N3O2S2. The molecule has 0 spiro atoms. The zero-order chi connectivity index (χ0) is 20.4. The summed E-state index contributed by atoms with van der Waals surface area (Å²) < 4.78 is 1.79. The molecule has 0 bridgehead atoms. The van der Waals surface area contributed by atoms with E-state index < -0.39 is 0 Å². The highest BCUT2D eigenvalue weighted by Crippen LogP contribution is 2.40. The lowest BCUT2D eigenvalue weighted by atomic mass is 10.0. The molecule has 7 heteroatoms. The van der Waals surface area contributed by atoms with Gasteiger partial charge in [-0.05, 0) is 37.2 Å². The third-order valence-corrected chi connectivity index (χ3v) is 6.97. The first kappa shape index (κ1) is 19.9. The Morgan fingerprint density at radius 1 is 1.21 bits per heavy atom. The van der Waals surface area contributed by atoms with Crippen molar-refractivity contribution in [3.8, 4) is 21.7 Å². The Balaban J connectivity index is 1.89. The van der Waals surface area contributed by atoms with Crippen LogP contribution < -0.4 is 10.9 Å². The van der Waals surface area contributed by atoms with E-state index in [1.54, 1.807) is 33.7 Å². The van der Waals surface area contributed by atoms with E-state index in [4.69, 9.17) is 0 Å². The number of likely N-dealkylation sites (N-methyl/N-ethyl adjacent to an activating group) is 1. The van der Waals surface area contributed by atoms with Gasteiger partial charge in [-0.15, -0.1) is 23.1 Å². The van der Waals surface area contributed by atoms with E-state index in [2.05, 4.69) is 11.4 Å². The number of thiophene rings is 1. The van der Waals surface area contributed by atoms with E-state index >= 15 is 0 Å². The molecule has 29 heavy (non-hydrogen) atoms. The fourth-order valence-corrected chi connectivity index (χ4v) is 5.59. The number of carbonyl (C=O) groups excluding carboxylic acids is 1. The Hall–Kier alpha value is -2.35. The second kappa shape index (κ2) is 8.57. The van der Waals surface area contributed by atoms with E-state index in [0.29, 0.717) is 24.2 Å². The normalized spacial score (nSPS) is 12.9. The summed E-state index contributed by atoms with van der Waals surface area (Å²) in [7, 11) is 3.95. The van der Waals surface area contributed by atoms with Crippen molar-refractivity contribution in [2.75, 3.05) is 32.9 Å². The van der Waals surface area contributed by atoms with Crippen molar-refractivity contribution < 1.29 is 4.79 Å². The zero-order valence-electron chi connectivity index (χ0n) is 16.5. The lowest BCUT2D eigenvalue weighted by Crippen LogP contribution is -2.33. The number of aromatic nitrogens is 1. The van der Waals surface area contributed by atoms with Crippen LogP contribution >= 0.6 is 23.1 Å². The number of hydrogen-bond acceptors (Lipinski definition) is 5. The van der Waals surface area contributed by atoms with E-state index in [-0.39, 0.29) is 11.5 Å². The molecule has 3 aromatic rings. The van der Waals surface area contributed by atoms with Crippen molar-refractivity contribution in [2.45, 2.75) is 11.4 Å². The fraction of sp³-hybridized carbons (Fsp3) is 0.273. The second-order valence-electron chi connectivity index (χ2n) is 7.16. The average Bonchev–Trinajstić information content (AvgIpc) is 3.09. The number of carbonyl (C=O) groups is 1. The number of thioether (sulfide) groups is 1. The average molecular weight is 426 g/mol. The third kappa shape index (κ3) is 4.03. The largest absolute Gasteiger partial charge is 0.351 e. The molecule has 1 N–H and O–H groups in total. The smallest absolute Gasteiger partial charge is 0.258 e. The SMILES string of the molecule is CN(C)CCNC(=O)c1cc(-c2ccccc2)c(=O)n2c1-c1sccc1SCC2. The highest BCUT2D eigenvalue weighted by atomic mass is 32.2. The number of rotatable bonds is 5. The van der Waals surface area contributed by atoms with Gasteiger partial charge in [0, 0.05) is 35.8 Å². The summed E-state index contributed by atoms with van der Waals surface area (Å²) in [6.07, 6.45) is 0. The van der Waals surface area contributed by atoms with Crippen LogP contribution in [0.15, 0.2) is 57.5 Å². The molecule has 0 saturated heterocycles. The maximum absolute atomic E-state index is 13.4. The molecule has 5 nitrogen and oxygen atoms in total. The Kier molecular flexibility index (Phi) is 5.89. The number of amides is 1. The van der Waals surface area contributed by atoms with E-state index in [1.807, 2.05) is 54.7 Å². The molecule has 1 aliphatic rings. The molecule has 0 aliphatic carbocycles. The number of pyridine rings is 1. The van der Waals surface area contributed by atoms with Crippen LogP contribution in [-0.4, -0.2) is 48.3 Å². The van der Waals surface area contributed by atoms with Crippen molar-refractivity contribution in [1.29, 1.82) is 0 Å². The first-order valence-corrected chi connectivity index (χ1v) is 11.4. The van der Waals surface area contributed by atoms with Crippen molar-refractivity contribution in [1.82, 2.24) is 14.8 Å². The highest BCUT2D eigenvalue weighted by molar-refractivity contribution is 7.99. The summed E-state index contributed by atoms with van der Waals surface area (Å²) in [6.45, 7) is 1.89. The summed E-state index contributed by atoms with van der Waals surface area (Å²) in [5, 5.41) is 5.05. The van der Waals surface area contributed by atoms with Crippen LogP contribution in [0, 0.1) is 0 Å². The quantitative estimate of drug-likeness (QED) is 0.678. The number of fused-ring (bicyclic) bond motifs is 3. The maximum atomic E-state index is 13.4. The standard InChI is InChI=1S/C22H23N3O2S2/c1-24(2)10-9-23-21(26)17-14-16(15-6-4-3-5-7-15)22(27)25-11-13-28-18-8-12-29-20(18)19(17)25/h3-8,12,14H,9-11,13H2,1-2H3,(H,23,26). The minimum atomic E-state index is -0.140. The van der Waals surface area contributed by atoms with Crippen molar-refractivity contribution in [3.63, 3.8) is 0 Å². The summed E-state index contributed by atoms with van der Waals surface area (Å²) >= 11 is 3.32. The third-order valence-electron chi connectivity index (χ3n) is 4.88. The molecule has 150 valence electrons. The minimum absolute atomic E-state index is 0.0436. The highest BCUT2D eigenvalue weighted by Gasteiger charge is 2.26. The Morgan fingerprint density at radius 2 is 2.00 bits per heavy atom. The van der Waals surface area contributed by atoms with Gasteiger partial charge in [0.1, 0.15) is 0 Å². The second-order valence-corrected chi connectivity index (χ2v) is 9.22. The predicted molar refractivity (Wildman–Crippen MR) is 121 cm³/mol. The number of nitrogens with zero attached hydrogens (tertiary/aromatic N) is 2. The molecule has 0 unspecified atom stereocenters. The first-order valence-electron chi connectivity index (χ1n) is 9.53.